The number of hydrogen-bond donors (Lipinski definition) is 1. The molecule has 0 radical (unpaired) electrons. The third-order valence-electron chi connectivity index (χ3n) is 4.65. The van der Waals surface area contributed by atoms with Gasteiger partial charge in [0.05, 0.1) is 0 Å². The molecule has 26 heavy (non-hydrogen) atoms. The molecular weight excluding hydrogens is 341 g/mol. The van der Waals surface area contributed by atoms with Crippen LogP contribution < -0.4 is 10.1 Å². The van der Waals surface area contributed by atoms with E-state index in [1.54, 1.807) is 30.9 Å². The van der Waals surface area contributed by atoms with Gasteiger partial charge in [0.2, 0.25) is 5.91 Å². The maximum absolute atomic E-state index is 12.9. The van der Waals surface area contributed by atoms with E-state index in [-0.39, 0.29) is 24.4 Å². The summed E-state index contributed by atoms with van der Waals surface area (Å²) in [6.07, 6.45) is 1.21. The quantitative estimate of drug-likeness (QED) is 0.823. The lowest BCUT2D eigenvalue weighted by atomic mass is 10.1. The van der Waals surface area contributed by atoms with Gasteiger partial charge in [0.15, 0.2) is 0 Å². The van der Waals surface area contributed by atoms with E-state index in [4.69, 9.17) is 4.74 Å². The summed E-state index contributed by atoms with van der Waals surface area (Å²) in [5.41, 5.74) is -0.979. The van der Waals surface area contributed by atoms with Gasteiger partial charge < -0.3 is 15.0 Å². The molecule has 3 rings (SSSR count). The minimum absolute atomic E-state index is 0.0554. The van der Waals surface area contributed by atoms with E-state index in [2.05, 4.69) is 5.32 Å². The normalized spacial score (nSPS) is 20.3. The predicted molar refractivity (Wildman–Crippen MR) is 91.0 cm³/mol. The highest BCUT2D eigenvalue weighted by Gasteiger charge is 2.45. The second-order valence-corrected chi connectivity index (χ2v) is 7.10. The Hall–Kier alpha value is -2.64. The Bertz CT molecular complexity index is 712. The highest BCUT2D eigenvalue weighted by atomic mass is 19.1. The number of imide groups is 1. The zero-order valence-corrected chi connectivity index (χ0v) is 14.8. The first kappa shape index (κ1) is 18.2. The number of urea groups is 1. The summed E-state index contributed by atoms with van der Waals surface area (Å²) in [6.45, 7) is 3.93. The van der Waals surface area contributed by atoms with Gasteiger partial charge in [0.25, 0.3) is 5.91 Å². The molecule has 1 aromatic carbocycles. The van der Waals surface area contributed by atoms with Crippen molar-refractivity contribution in [2.45, 2.75) is 38.3 Å². The van der Waals surface area contributed by atoms with E-state index in [1.807, 2.05) is 0 Å². The molecule has 8 heteroatoms. The van der Waals surface area contributed by atoms with Crippen molar-refractivity contribution in [3.63, 3.8) is 0 Å². The standard InChI is InChI=1S/C18H22FN3O4/c1-18(2)16(24)22(17(25)20-18)11-15(23)21-9-7-14(8-10-21)26-13-5-3-12(19)4-6-13/h3-6,14H,7-11H2,1-2H3,(H,20,25). The summed E-state index contributed by atoms with van der Waals surface area (Å²) < 4.78 is 18.7. The number of hydrogen-bond acceptors (Lipinski definition) is 4. The number of piperidine rings is 1. The zero-order chi connectivity index (χ0) is 18.9. The van der Waals surface area contributed by atoms with Crippen molar-refractivity contribution in [1.82, 2.24) is 15.1 Å². The molecule has 2 heterocycles. The Kier molecular flexibility index (Phi) is 4.84. The number of likely N-dealkylation sites (tertiary alicyclic amines) is 1. The lowest BCUT2D eigenvalue weighted by molar-refractivity contribution is -0.139. The van der Waals surface area contributed by atoms with Crippen LogP contribution in [0.25, 0.3) is 0 Å². The van der Waals surface area contributed by atoms with E-state index in [1.165, 1.54) is 12.1 Å². The molecule has 2 saturated heterocycles. The lowest BCUT2D eigenvalue weighted by Gasteiger charge is -2.33. The van der Waals surface area contributed by atoms with Gasteiger partial charge in [-0.1, -0.05) is 0 Å². The number of benzene rings is 1. The molecule has 0 spiro atoms. The largest absolute Gasteiger partial charge is 0.490 e. The number of ether oxygens (including phenoxy) is 1. The van der Waals surface area contributed by atoms with Crippen LogP contribution in [0.1, 0.15) is 26.7 Å². The second-order valence-electron chi connectivity index (χ2n) is 7.10. The van der Waals surface area contributed by atoms with Crippen molar-refractivity contribution in [3.05, 3.63) is 30.1 Å². The van der Waals surface area contributed by atoms with Crippen molar-refractivity contribution in [2.75, 3.05) is 19.6 Å². The van der Waals surface area contributed by atoms with Gasteiger partial charge in [-0.3, -0.25) is 14.5 Å². The van der Waals surface area contributed by atoms with Crippen LogP contribution in [0.5, 0.6) is 5.75 Å². The molecule has 4 amide bonds. The van der Waals surface area contributed by atoms with Crippen molar-refractivity contribution >= 4 is 17.8 Å². The van der Waals surface area contributed by atoms with Gasteiger partial charge in [0, 0.05) is 25.9 Å². The third-order valence-corrected chi connectivity index (χ3v) is 4.65. The molecule has 7 nitrogen and oxygen atoms in total. The molecular formula is C18H22FN3O4. The Labute approximate surface area is 151 Å². The maximum Gasteiger partial charge on any atom is 0.325 e. The van der Waals surface area contributed by atoms with Gasteiger partial charge >= 0.3 is 6.03 Å². The van der Waals surface area contributed by atoms with E-state index < -0.39 is 17.5 Å². The number of amides is 4. The van der Waals surface area contributed by atoms with Crippen LogP contribution in [-0.4, -0.2) is 58.9 Å². The molecule has 2 aliphatic rings. The van der Waals surface area contributed by atoms with Gasteiger partial charge in [-0.2, -0.15) is 0 Å². The fourth-order valence-corrected chi connectivity index (χ4v) is 3.13. The predicted octanol–water partition coefficient (Wildman–Crippen LogP) is 1.53. The summed E-state index contributed by atoms with van der Waals surface area (Å²) in [5, 5.41) is 2.56. The first-order chi connectivity index (χ1) is 12.3. The molecule has 1 aromatic rings. The average molecular weight is 363 g/mol. The van der Waals surface area contributed by atoms with Crippen molar-refractivity contribution in [2.24, 2.45) is 0 Å². The number of halogens is 1. The molecule has 0 saturated carbocycles. The molecule has 0 aromatic heterocycles. The second kappa shape index (κ2) is 6.93. The summed E-state index contributed by atoms with van der Waals surface area (Å²) >= 11 is 0. The van der Waals surface area contributed by atoms with Crippen LogP contribution in [0.3, 0.4) is 0 Å². The molecule has 0 bridgehead atoms. The Balaban J connectivity index is 1.50. The van der Waals surface area contributed by atoms with E-state index in [0.717, 1.165) is 4.90 Å². The topological polar surface area (TPSA) is 79.0 Å². The van der Waals surface area contributed by atoms with Crippen molar-refractivity contribution in [3.8, 4) is 5.75 Å². The van der Waals surface area contributed by atoms with Crippen LogP contribution in [0, 0.1) is 5.82 Å². The average Bonchev–Trinajstić information content (AvgIpc) is 2.79. The van der Waals surface area contributed by atoms with E-state index in [0.29, 0.717) is 31.7 Å². The molecule has 2 fully saturated rings. The van der Waals surface area contributed by atoms with Gasteiger partial charge in [-0.05, 0) is 38.1 Å². The molecule has 2 aliphatic heterocycles. The SMILES string of the molecule is CC1(C)NC(=O)N(CC(=O)N2CCC(Oc3ccc(F)cc3)CC2)C1=O. The highest BCUT2D eigenvalue weighted by Crippen LogP contribution is 2.21. The van der Waals surface area contributed by atoms with E-state index >= 15 is 0 Å². The van der Waals surface area contributed by atoms with Gasteiger partial charge in [-0.25, -0.2) is 9.18 Å². The minimum atomic E-state index is -0.979. The monoisotopic (exact) mass is 363 g/mol. The fourth-order valence-electron chi connectivity index (χ4n) is 3.13. The Morgan fingerprint density at radius 2 is 1.85 bits per heavy atom. The van der Waals surface area contributed by atoms with Crippen LogP contribution in [0.2, 0.25) is 0 Å². The summed E-state index contributed by atoms with van der Waals surface area (Å²) in [6, 6.07) is 5.29. The van der Waals surface area contributed by atoms with Crippen LogP contribution in [0.15, 0.2) is 24.3 Å². The summed E-state index contributed by atoms with van der Waals surface area (Å²) in [4.78, 5) is 39.1. The Morgan fingerprint density at radius 3 is 2.38 bits per heavy atom. The first-order valence-corrected chi connectivity index (χ1v) is 8.60. The third kappa shape index (κ3) is 3.79. The highest BCUT2D eigenvalue weighted by molar-refractivity contribution is 6.08. The van der Waals surface area contributed by atoms with Crippen LogP contribution in [-0.2, 0) is 9.59 Å². The zero-order valence-electron chi connectivity index (χ0n) is 14.8. The van der Waals surface area contributed by atoms with Crippen LogP contribution in [0.4, 0.5) is 9.18 Å². The molecule has 140 valence electrons. The van der Waals surface area contributed by atoms with Crippen molar-refractivity contribution < 1.29 is 23.5 Å². The maximum atomic E-state index is 12.9. The van der Waals surface area contributed by atoms with Crippen molar-refractivity contribution in [1.29, 1.82) is 0 Å². The Morgan fingerprint density at radius 1 is 1.23 bits per heavy atom. The number of nitrogens with zero attached hydrogens (tertiary/aromatic N) is 2. The number of carbonyl (C=O) groups is 3. The number of nitrogens with one attached hydrogen (secondary N) is 1. The van der Waals surface area contributed by atoms with Gasteiger partial charge in [-0.15, -0.1) is 0 Å². The lowest BCUT2D eigenvalue weighted by Crippen LogP contribution is -2.48. The number of carbonyl (C=O) groups excluding carboxylic acids is 3. The molecule has 0 unspecified atom stereocenters. The molecule has 0 aliphatic carbocycles. The summed E-state index contributed by atoms with van der Waals surface area (Å²) in [5.74, 6) is -0.379. The first-order valence-electron chi connectivity index (χ1n) is 8.60. The van der Waals surface area contributed by atoms with E-state index in [9.17, 15) is 18.8 Å². The number of rotatable bonds is 4. The minimum Gasteiger partial charge on any atom is -0.490 e. The molecule has 0 atom stereocenters. The van der Waals surface area contributed by atoms with Crippen LogP contribution >= 0.6 is 0 Å². The fraction of sp³-hybridized carbons (Fsp3) is 0.500. The van der Waals surface area contributed by atoms with Gasteiger partial charge in [0.1, 0.15) is 29.8 Å². The summed E-state index contributed by atoms with van der Waals surface area (Å²) in [7, 11) is 0. The molecule has 1 N–H and O–H groups in total. The smallest absolute Gasteiger partial charge is 0.325 e.